The van der Waals surface area contributed by atoms with E-state index in [1.807, 2.05) is 19.1 Å². The van der Waals surface area contributed by atoms with E-state index in [0.29, 0.717) is 11.6 Å². The average molecular weight is 440 g/mol. The lowest BCUT2D eigenvalue weighted by Gasteiger charge is -2.41. The molecule has 2 heterocycles. The van der Waals surface area contributed by atoms with Crippen molar-refractivity contribution in [3.63, 3.8) is 0 Å². The molecule has 2 N–H and O–H groups in total. The first kappa shape index (κ1) is 22.5. The molecule has 0 bridgehead atoms. The van der Waals surface area contributed by atoms with Crippen molar-refractivity contribution in [3.05, 3.63) is 23.8 Å². The van der Waals surface area contributed by atoms with Gasteiger partial charge in [0, 0.05) is 37.1 Å². The smallest absolute Gasteiger partial charge is 0.412 e. The van der Waals surface area contributed by atoms with E-state index in [-0.39, 0.29) is 24.2 Å². The molecule has 1 saturated carbocycles. The summed E-state index contributed by atoms with van der Waals surface area (Å²) >= 11 is 0. The van der Waals surface area contributed by atoms with Crippen molar-refractivity contribution in [1.82, 2.24) is 4.90 Å². The first-order chi connectivity index (χ1) is 15.4. The highest BCUT2D eigenvalue weighted by atomic mass is 16.5. The Hall–Kier alpha value is -2.72. The van der Waals surface area contributed by atoms with Crippen LogP contribution < -0.4 is 10.2 Å². The number of nitrogens with zero attached hydrogens (tertiary/aromatic N) is 2. The number of aliphatic hydroxyl groups is 1. The molecule has 0 radical (unpaired) electrons. The normalized spacial score (nSPS) is 28.0. The second-order valence-electron chi connectivity index (χ2n) is 9.42. The van der Waals surface area contributed by atoms with Crippen LogP contribution in [0.1, 0.15) is 50.5 Å². The Morgan fingerprint density at radius 2 is 2.06 bits per heavy atom. The summed E-state index contributed by atoms with van der Waals surface area (Å²) in [6.07, 6.45) is 10.6. The highest BCUT2D eigenvalue weighted by Gasteiger charge is 2.50. The van der Waals surface area contributed by atoms with Crippen molar-refractivity contribution in [2.24, 2.45) is 5.41 Å². The molecule has 4 rings (SSSR count). The van der Waals surface area contributed by atoms with Crippen LogP contribution in [0.4, 0.5) is 16.2 Å². The van der Waals surface area contributed by atoms with Gasteiger partial charge in [-0.3, -0.25) is 10.1 Å². The van der Waals surface area contributed by atoms with Gasteiger partial charge < -0.3 is 19.6 Å². The zero-order chi connectivity index (χ0) is 22.7. The average Bonchev–Trinajstić information content (AvgIpc) is 3.09. The van der Waals surface area contributed by atoms with Crippen molar-refractivity contribution in [3.8, 4) is 12.3 Å². The monoisotopic (exact) mass is 439 g/mol. The standard InChI is InChI=1S/C25H33N3O4/c1-3-15-32-24(31)26-22-10-7-20(16-18(22)2)27-13-4-11-25(17-27)12-14-28(23(25)30)19-5-8-21(29)9-6-19/h1,7,10,16,19,21,29H,4-6,8-9,11-15,17H2,2H3,(H,26,31)/t19-,21-,25-/m0/s1. The Bertz CT molecular complexity index is 903. The quantitative estimate of drug-likeness (QED) is 0.704. The molecular formula is C25H33N3O4. The van der Waals surface area contributed by atoms with E-state index in [0.717, 1.165) is 75.8 Å². The minimum atomic E-state index is -0.567. The minimum absolute atomic E-state index is 0.0642. The summed E-state index contributed by atoms with van der Waals surface area (Å²) in [4.78, 5) is 29.7. The number of hydrogen-bond donors (Lipinski definition) is 2. The Morgan fingerprint density at radius 3 is 2.78 bits per heavy atom. The summed E-state index contributed by atoms with van der Waals surface area (Å²) in [5.41, 5.74) is 2.37. The molecule has 2 amide bonds. The molecule has 3 fully saturated rings. The molecule has 172 valence electrons. The highest BCUT2D eigenvalue weighted by molar-refractivity contribution is 5.87. The fourth-order valence-corrected chi connectivity index (χ4v) is 5.53. The van der Waals surface area contributed by atoms with E-state index in [1.165, 1.54) is 0 Å². The van der Waals surface area contributed by atoms with E-state index < -0.39 is 6.09 Å². The molecule has 32 heavy (non-hydrogen) atoms. The number of piperidine rings is 1. The van der Waals surface area contributed by atoms with Gasteiger partial charge in [0.2, 0.25) is 5.91 Å². The van der Waals surface area contributed by atoms with E-state index in [1.54, 1.807) is 0 Å². The molecule has 1 atom stereocenters. The summed E-state index contributed by atoms with van der Waals surface area (Å²) in [5, 5.41) is 12.5. The number of ether oxygens (including phenoxy) is 1. The molecule has 7 nitrogen and oxygen atoms in total. The first-order valence-electron chi connectivity index (χ1n) is 11.6. The maximum absolute atomic E-state index is 13.5. The van der Waals surface area contributed by atoms with Gasteiger partial charge >= 0.3 is 6.09 Å². The molecule has 1 spiro atoms. The third kappa shape index (κ3) is 4.56. The number of carbonyl (C=O) groups is 2. The van der Waals surface area contributed by atoms with E-state index in [9.17, 15) is 14.7 Å². The molecular weight excluding hydrogens is 406 g/mol. The number of likely N-dealkylation sites (tertiary alicyclic amines) is 1. The number of aliphatic hydroxyl groups excluding tert-OH is 1. The Balaban J connectivity index is 1.43. The van der Waals surface area contributed by atoms with Crippen LogP contribution in [0.3, 0.4) is 0 Å². The zero-order valence-corrected chi connectivity index (χ0v) is 18.8. The maximum Gasteiger partial charge on any atom is 0.412 e. The van der Waals surface area contributed by atoms with Gasteiger partial charge in [0.05, 0.1) is 11.5 Å². The first-order valence-corrected chi connectivity index (χ1v) is 11.6. The van der Waals surface area contributed by atoms with Crippen molar-refractivity contribution in [1.29, 1.82) is 0 Å². The molecule has 2 saturated heterocycles. The lowest BCUT2D eigenvalue weighted by Crippen LogP contribution is -2.50. The highest BCUT2D eigenvalue weighted by Crippen LogP contribution is 2.43. The fourth-order valence-electron chi connectivity index (χ4n) is 5.53. The minimum Gasteiger partial charge on any atom is -0.436 e. The number of nitrogens with one attached hydrogen (secondary N) is 1. The summed E-state index contributed by atoms with van der Waals surface area (Å²) in [6.45, 7) is 4.36. The summed E-state index contributed by atoms with van der Waals surface area (Å²) < 4.78 is 4.89. The van der Waals surface area contributed by atoms with Crippen LogP contribution in [0.2, 0.25) is 0 Å². The van der Waals surface area contributed by atoms with Crippen LogP contribution in [-0.2, 0) is 9.53 Å². The molecule has 1 aromatic carbocycles. The Labute approximate surface area is 190 Å². The van der Waals surface area contributed by atoms with Gasteiger partial charge in [-0.2, -0.15) is 0 Å². The second-order valence-corrected chi connectivity index (χ2v) is 9.42. The molecule has 7 heteroatoms. The number of amides is 2. The number of aryl methyl sites for hydroxylation is 1. The number of benzene rings is 1. The van der Waals surface area contributed by atoms with Gasteiger partial charge in [0.25, 0.3) is 0 Å². The predicted molar refractivity (Wildman–Crippen MR) is 123 cm³/mol. The molecule has 2 aliphatic heterocycles. The number of hydrogen-bond acceptors (Lipinski definition) is 5. The van der Waals surface area contributed by atoms with Gasteiger partial charge in [0.15, 0.2) is 6.61 Å². The largest absolute Gasteiger partial charge is 0.436 e. The lowest BCUT2D eigenvalue weighted by atomic mass is 9.78. The second kappa shape index (κ2) is 9.41. The molecule has 0 aromatic heterocycles. The SMILES string of the molecule is C#CCOC(=O)Nc1ccc(N2CCC[C@]3(CCN([C@H]4CC[C@H](O)CC4)C3=O)C2)cc1C. The number of terminal acetylenes is 1. The van der Waals surface area contributed by atoms with Crippen molar-refractivity contribution in [2.75, 3.05) is 36.5 Å². The molecule has 3 aliphatic rings. The van der Waals surface area contributed by atoms with Crippen molar-refractivity contribution >= 4 is 23.4 Å². The van der Waals surface area contributed by atoms with Gasteiger partial charge in [0.1, 0.15) is 0 Å². The number of rotatable bonds is 4. The summed E-state index contributed by atoms with van der Waals surface area (Å²) in [5.74, 6) is 2.57. The maximum atomic E-state index is 13.5. The van der Waals surface area contributed by atoms with Crippen molar-refractivity contribution < 1.29 is 19.4 Å². The number of anilines is 2. The molecule has 0 unspecified atom stereocenters. The van der Waals surface area contributed by atoms with Gasteiger partial charge in [-0.25, -0.2) is 4.79 Å². The van der Waals surface area contributed by atoms with E-state index in [4.69, 9.17) is 11.2 Å². The van der Waals surface area contributed by atoms with Crippen LogP contribution >= 0.6 is 0 Å². The van der Waals surface area contributed by atoms with Gasteiger partial charge in [-0.1, -0.05) is 5.92 Å². The fraction of sp³-hybridized carbons (Fsp3) is 0.600. The van der Waals surface area contributed by atoms with E-state index in [2.05, 4.69) is 27.1 Å². The zero-order valence-electron chi connectivity index (χ0n) is 18.8. The number of carbonyl (C=O) groups excluding carboxylic acids is 2. The third-order valence-electron chi connectivity index (χ3n) is 7.33. The van der Waals surface area contributed by atoms with Crippen molar-refractivity contribution in [2.45, 2.75) is 64.0 Å². The third-order valence-corrected chi connectivity index (χ3v) is 7.33. The van der Waals surface area contributed by atoms with Crippen LogP contribution in [-0.4, -0.2) is 60.4 Å². The van der Waals surface area contributed by atoms with Gasteiger partial charge in [-0.05, 0) is 75.6 Å². The van der Waals surface area contributed by atoms with Crippen LogP contribution in [0.5, 0.6) is 0 Å². The molecule has 1 aromatic rings. The van der Waals surface area contributed by atoms with Gasteiger partial charge in [-0.15, -0.1) is 6.42 Å². The predicted octanol–water partition coefficient (Wildman–Crippen LogP) is 3.30. The van der Waals surface area contributed by atoms with Crippen LogP contribution in [0.15, 0.2) is 18.2 Å². The summed E-state index contributed by atoms with van der Waals surface area (Å²) in [6, 6.07) is 6.19. The Kier molecular flexibility index (Phi) is 6.61. The van der Waals surface area contributed by atoms with E-state index >= 15 is 0 Å². The summed E-state index contributed by atoms with van der Waals surface area (Å²) in [7, 11) is 0. The topological polar surface area (TPSA) is 82.1 Å². The Morgan fingerprint density at radius 1 is 1.28 bits per heavy atom. The van der Waals surface area contributed by atoms with Crippen LogP contribution in [0.25, 0.3) is 0 Å². The van der Waals surface area contributed by atoms with Crippen LogP contribution in [0, 0.1) is 24.7 Å². The molecule has 1 aliphatic carbocycles. The lowest BCUT2D eigenvalue weighted by molar-refractivity contribution is -0.139.